The van der Waals surface area contributed by atoms with Crippen molar-refractivity contribution in [3.63, 3.8) is 0 Å². The van der Waals surface area contributed by atoms with Crippen LogP contribution in [0.15, 0.2) is 4.99 Å². The molecule has 0 saturated carbocycles. The van der Waals surface area contributed by atoms with Crippen molar-refractivity contribution >= 4 is 29.9 Å². The van der Waals surface area contributed by atoms with E-state index < -0.39 is 0 Å². The number of guanidine groups is 1. The fourth-order valence-electron chi connectivity index (χ4n) is 4.33. The highest BCUT2D eigenvalue weighted by Crippen LogP contribution is 2.38. The molecular formula is C18H35IN4O. The zero-order valence-electron chi connectivity index (χ0n) is 15.6. The molecule has 24 heavy (non-hydrogen) atoms. The lowest BCUT2D eigenvalue weighted by Gasteiger charge is -2.41. The largest absolute Gasteiger partial charge is 0.381 e. The lowest BCUT2D eigenvalue weighted by Crippen LogP contribution is -2.55. The van der Waals surface area contributed by atoms with E-state index >= 15 is 0 Å². The average Bonchev–Trinajstić information content (AvgIpc) is 3.19. The van der Waals surface area contributed by atoms with Crippen molar-refractivity contribution in [3.05, 3.63) is 0 Å². The minimum atomic E-state index is 0. The molecular weight excluding hydrogens is 415 g/mol. The van der Waals surface area contributed by atoms with Gasteiger partial charge in [-0.1, -0.05) is 6.42 Å². The third-order valence-electron chi connectivity index (χ3n) is 6.03. The molecule has 3 aliphatic heterocycles. The molecule has 1 unspecified atom stereocenters. The fraction of sp³-hybridized carbons (Fsp3) is 0.944. The molecule has 0 aliphatic carbocycles. The van der Waals surface area contributed by atoms with Gasteiger partial charge in [0.2, 0.25) is 0 Å². The lowest BCUT2D eigenvalue weighted by molar-refractivity contribution is 0.0976. The second kappa shape index (κ2) is 8.54. The van der Waals surface area contributed by atoms with Gasteiger partial charge in [0, 0.05) is 44.2 Å². The van der Waals surface area contributed by atoms with Gasteiger partial charge in [0.05, 0.1) is 6.61 Å². The standard InChI is InChI=1S/C18H34N4O.HI/c1-17(2,22-9-5-4-6-10-22)13-20-16(19-3)21-11-7-18(14-21)8-12-23-15-18;/h4-15H2,1-3H3,(H,19,20);1H. The number of likely N-dealkylation sites (tertiary alicyclic amines) is 2. The molecule has 3 heterocycles. The van der Waals surface area contributed by atoms with Gasteiger partial charge in [0.15, 0.2) is 5.96 Å². The van der Waals surface area contributed by atoms with Crippen LogP contribution in [-0.4, -0.2) is 74.3 Å². The summed E-state index contributed by atoms with van der Waals surface area (Å²) in [6, 6.07) is 0. The Morgan fingerprint density at radius 1 is 1.17 bits per heavy atom. The third-order valence-corrected chi connectivity index (χ3v) is 6.03. The Balaban J connectivity index is 0.00000208. The summed E-state index contributed by atoms with van der Waals surface area (Å²) < 4.78 is 5.64. The van der Waals surface area contributed by atoms with E-state index in [1.807, 2.05) is 7.05 Å². The van der Waals surface area contributed by atoms with E-state index in [1.54, 1.807) is 0 Å². The maximum atomic E-state index is 5.64. The molecule has 1 N–H and O–H groups in total. The van der Waals surface area contributed by atoms with Gasteiger partial charge in [0.1, 0.15) is 0 Å². The molecule has 0 aromatic carbocycles. The summed E-state index contributed by atoms with van der Waals surface area (Å²) in [4.78, 5) is 9.61. The van der Waals surface area contributed by atoms with Crippen molar-refractivity contribution in [3.8, 4) is 0 Å². The minimum absolute atomic E-state index is 0. The SMILES string of the molecule is CN=C(NCC(C)(C)N1CCCCC1)N1CCC2(CCOC2)C1.I. The Labute approximate surface area is 164 Å². The quantitative estimate of drug-likeness (QED) is 0.408. The van der Waals surface area contributed by atoms with Gasteiger partial charge in [-0.3, -0.25) is 9.89 Å². The van der Waals surface area contributed by atoms with Crippen molar-refractivity contribution in [1.29, 1.82) is 0 Å². The number of rotatable bonds is 3. The first-order valence-electron chi connectivity index (χ1n) is 9.33. The van der Waals surface area contributed by atoms with Gasteiger partial charge in [-0.2, -0.15) is 0 Å². The Bertz CT molecular complexity index is 429. The molecule has 3 saturated heterocycles. The summed E-state index contributed by atoms with van der Waals surface area (Å²) in [5.41, 5.74) is 0.574. The first-order valence-corrected chi connectivity index (χ1v) is 9.33. The predicted molar refractivity (Wildman–Crippen MR) is 110 cm³/mol. The summed E-state index contributed by atoms with van der Waals surface area (Å²) in [6.07, 6.45) is 6.52. The van der Waals surface area contributed by atoms with E-state index in [0.29, 0.717) is 5.41 Å². The van der Waals surface area contributed by atoms with E-state index in [-0.39, 0.29) is 29.5 Å². The zero-order chi connectivity index (χ0) is 16.3. The Morgan fingerprint density at radius 3 is 2.54 bits per heavy atom. The van der Waals surface area contributed by atoms with Crippen molar-refractivity contribution < 1.29 is 4.74 Å². The number of ether oxygens (including phenoxy) is 1. The van der Waals surface area contributed by atoms with Crippen LogP contribution in [-0.2, 0) is 4.74 Å². The summed E-state index contributed by atoms with van der Waals surface area (Å²) in [6.45, 7) is 12.2. The molecule has 3 rings (SSSR count). The second-order valence-electron chi connectivity index (χ2n) is 8.24. The van der Waals surface area contributed by atoms with Crippen LogP contribution in [0.3, 0.4) is 0 Å². The minimum Gasteiger partial charge on any atom is -0.381 e. The Morgan fingerprint density at radius 2 is 1.92 bits per heavy atom. The van der Waals surface area contributed by atoms with Crippen LogP contribution < -0.4 is 5.32 Å². The number of nitrogens with zero attached hydrogens (tertiary/aromatic N) is 3. The highest BCUT2D eigenvalue weighted by Gasteiger charge is 2.42. The van der Waals surface area contributed by atoms with E-state index in [2.05, 4.69) is 34.0 Å². The van der Waals surface area contributed by atoms with Crippen LogP contribution >= 0.6 is 24.0 Å². The number of hydrogen-bond donors (Lipinski definition) is 1. The molecule has 0 amide bonds. The van der Waals surface area contributed by atoms with Crippen LogP contribution in [0.2, 0.25) is 0 Å². The number of nitrogens with one attached hydrogen (secondary N) is 1. The monoisotopic (exact) mass is 450 g/mol. The summed E-state index contributed by atoms with van der Waals surface area (Å²) in [5.74, 6) is 1.07. The summed E-state index contributed by atoms with van der Waals surface area (Å²) in [5, 5.41) is 3.65. The van der Waals surface area contributed by atoms with E-state index in [4.69, 9.17) is 4.74 Å². The van der Waals surface area contributed by atoms with Gasteiger partial charge >= 0.3 is 0 Å². The van der Waals surface area contributed by atoms with Gasteiger partial charge < -0.3 is 15.0 Å². The van der Waals surface area contributed by atoms with Gasteiger partial charge in [0.25, 0.3) is 0 Å². The van der Waals surface area contributed by atoms with Crippen LogP contribution in [0.5, 0.6) is 0 Å². The molecule has 3 aliphatic rings. The van der Waals surface area contributed by atoms with E-state index in [9.17, 15) is 0 Å². The molecule has 5 nitrogen and oxygen atoms in total. The summed E-state index contributed by atoms with van der Waals surface area (Å²) >= 11 is 0. The molecule has 1 spiro atoms. The van der Waals surface area contributed by atoms with Gasteiger partial charge in [-0.15, -0.1) is 24.0 Å². The number of piperidine rings is 1. The van der Waals surface area contributed by atoms with Crippen LogP contribution in [0.4, 0.5) is 0 Å². The van der Waals surface area contributed by atoms with E-state index in [1.165, 1.54) is 45.2 Å². The molecule has 0 aromatic heterocycles. The van der Waals surface area contributed by atoms with Gasteiger partial charge in [-0.25, -0.2) is 0 Å². The molecule has 0 radical (unpaired) electrons. The zero-order valence-corrected chi connectivity index (χ0v) is 18.0. The predicted octanol–water partition coefficient (Wildman–Crippen LogP) is 2.56. The highest BCUT2D eigenvalue weighted by molar-refractivity contribution is 14.0. The molecule has 3 fully saturated rings. The van der Waals surface area contributed by atoms with Crippen molar-refractivity contribution in [1.82, 2.24) is 15.1 Å². The van der Waals surface area contributed by atoms with E-state index in [0.717, 1.165) is 38.8 Å². The van der Waals surface area contributed by atoms with Gasteiger partial charge in [-0.05, 0) is 52.6 Å². The van der Waals surface area contributed by atoms with Crippen molar-refractivity contribution in [2.45, 2.75) is 51.5 Å². The van der Waals surface area contributed by atoms with Crippen LogP contribution in [0, 0.1) is 5.41 Å². The number of hydrogen-bond acceptors (Lipinski definition) is 3. The molecule has 140 valence electrons. The fourth-order valence-corrected chi connectivity index (χ4v) is 4.33. The molecule has 0 aromatic rings. The Hall–Kier alpha value is -0.0800. The number of halogens is 1. The van der Waals surface area contributed by atoms with Crippen molar-refractivity contribution in [2.24, 2.45) is 10.4 Å². The highest BCUT2D eigenvalue weighted by atomic mass is 127. The molecule has 0 bridgehead atoms. The van der Waals surface area contributed by atoms with Crippen molar-refractivity contribution in [2.75, 3.05) is 53.0 Å². The maximum absolute atomic E-state index is 5.64. The summed E-state index contributed by atoms with van der Waals surface area (Å²) in [7, 11) is 1.91. The average molecular weight is 450 g/mol. The lowest BCUT2D eigenvalue weighted by atomic mass is 9.87. The third kappa shape index (κ3) is 4.55. The normalized spacial score (nSPS) is 29.1. The maximum Gasteiger partial charge on any atom is 0.193 e. The first-order chi connectivity index (χ1) is 11.0. The Kier molecular flexibility index (Phi) is 7.20. The van der Waals surface area contributed by atoms with Crippen LogP contribution in [0.25, 0.3) is 0 Å². The molecule has 1 atom stereocenters. The number of aliphatic imine (C=N–C) groups is 1. The topological polar surface area (TPSA) is 40.1 Å². The second-order valence-corrected chi connectivity index (χ2v) is 8.24. The first kappa shape index (κ1) is 20.2. The smallest absolute Gasteiger partial charge is 0.193 e. The van der Waals surface area contributed by atoms with Crippen LogP contribution in [0.1, 0.15) is 46.0 Å². The molecule has 6 heteroatoms.